The summed E-state index contributed by atoms with van der Waals surface area (Å²) in [5, 5.41) is 3.21. The zero-order valence-electron chi connectivity index (χ0n) is 10.4. The van der Waals surface area contributed by atoms with Crippen molar-refractivity contribution < 1.29 is 9.13 Å². The topological polar surface area (TPSA) is 21.3 Å². The second-order valence-electron chi connectivity index (χ2n) is 4.00. The van der Waals surface area contributed by atoms with Crippen molar-refractivity contribution in [2.24, 2.45) is 0 Å². The summed E-state index contributed by atoms with van der Waals surface area (Å²) in [6.07, 6.45) is 5.14. The molecule has 3 heteroatoms. The molecule has 1 N–H and O–H groups in total. The first-order valence-corrected chi connectivity index (χ1v) is 5.92. The van der Waals surface area contributed by atoms with E-state index in [0.717, 1.165) is 17.0 Å². The van der Waals surface area contributed by atoms with Crippen molar-refractivity contribution in [3.63, 3.8) is 0 Å². The normalized spacial score (nSPS) is 9.68. The molecular formula is C16H14FNO. The molecule has 0 atom stereocenters. The molecule has 0 aliphatic rings. The number of halogens is 1. The Morgan fingerprint density at radius 2 is 1.95 bits per heavy atom. The summed E-state index contributed by atoms with van der Waals surface area (Å²) in [5.41, 5.74) is 1.94. The molecule has 0 bridgehead atoms. The zero-order chi connectivity index (χ0) is 13.5. The van der Waals surface area contributed by atoms with Gasteiger partial charge < -0.3 is 10.1 Å². The molecule has 0 amide bonds. The van der Waals surface area contributed by atoms with Gasteiger partial charge in [-0.2, -0.15) is 0 Å². The molecule has 0 saturated heterocycles. The van der Waals surface area contributed by atoms with E-state index in [0.29, 0.717) is 6.54 Å². The number of nitrogens with one attached hydrogen (secondary N) is 1. The molecule has 2 aromatic rings. The van der Waals surface area contributed by atoms with E-state index in [9.17, 15) is 4.39 Å². The maximum Gasteiger partial charge on any atom is 0.148 e. The minimum Gasteiger partial charge on any atom is -0.481 e. The summed E-state index contributed by atoms with van der Waals surface area (Å²) in [6, 6.07) is 13.9. The molecule has 0 aromatic heterocycles. The van der Waals surface area contributed by atoms with Gasteiger partial charge in [0.25, 0.3) is 0 Å². The minimum absolute atomic E-state index is 0.241. The number of anilines is 1. The van der Waals surface area contributed by atoms with Gasteiger partial charge in [-0.05, 0) is 42.0 Å². The van der Waals surface area contributed by atoms with Crippen LogP contribution in [-0.2, 0) is 6.54 Å². The Morgan fingerprint density at radius 3 is 2.68 bits per heavy atom. The second-order valence-corrected chi connectivity index (χ2v) is 4.00. The fourth-order valence-corrected chi connectivity index (χ4v) is 1.64. The van der Waals surface area contributed by atoms with Crippen LogP contribution in [-0.4, -0.2) is 6.61 Å². The highest BCUT2D eigenvalue weighted by Gasteiger charge is 1.98. The van der Waals surface area contributed by atoms with Crippen LogP contribution in [0.15, 0.2) is 48.5 Å². The highest BCUT2D eigenvalue weighted by molar-refractivity contribution is 5.44. The number of terminal acetylenes is 1. The molecule has 0 unspecified atom stereocenters. The Labute approximate surface area is 112 Å². The molecule has 0 heterocycles. The third-order valence-corrected chi connectivity index (χ3v) is 2.56. The van der Waals surface area contributed by atoms with Crippen LogP contribution < -0.4 is 10.1 Å². The lowest BCUT2D eigenvalue weighted by Gasteiger charge is -2.08. The van der Waals surface area contributed by atoms with Gasteiger partial charge in [0.15, 0.2) is 0 Å². The monoisotopic (exact) mass is 255 g/mol. The summed E-state index contributed by atoms with van der Waals surface area (Å²) in [6.45, 7) is 0.897. The Kier molecular flexibility index (Phi) is 4.41. The van der Waals surface area contributed by atoms with E-state index < -0.39 is 0 Å². The van der Waals surface area contributed by atoms with E-state index in [1.807, 2.05) is 24.3 Å². The van der Waals surface area contributed by atoms with Crippen LogP contribution in [0, 0.1) is 18.2 Å². The predicted octanol–water partition coefficient (Wildman–Crippen LogP) is 3.45. The molecule has 2 rings (SSSR count). The van der Waals surface area contributed by atoms with Gasteiger partial charge in [-0.1, -0.05) is 18.1 Å². The van der Waals surface area contributed by atoms with Crippen LogP contribution in [0.1, 0.15) is 5.56 Å². The standard InChI is InChI=1S/C16H14FNO/c1-2-10-19-16-5-3-4-13(11-16)12-18-15-8-6-14(17)7-9-15/h1,3-9,11,18H,10,12H2. The Bertz CT molecular complexity index is 572. The van der Waals surface area contributed by atoms with E-state index in [2.05, 4.69) is 11.2 Å². The van der Waals surface area contributed by atoms with Crippen molar-refractivity contribution in [3.8, 4) is 18.1 Å². The van der Waals surface area contributed by atoms with Gasteiger partial charge in [-0.3, -0.25) is 0 Å². The minimum atomic E-state index is -0.241. The SMILES string of the molecule is C#CCOc1cccc(CNc2ccc(F)cc2)c1. The Balaban J connectivity index is 1.95. The number of hydrogen-bond donors (Lipinski definition) is 1. The maximum absolute atomic E-state index is 12.8. The largest absolute Gasteiger partial charge is 0.481 e. The highest BCUT2D eigenvalue weighted by atomic mass is 19.1. The molecule has 2 aromatic carbocycles. The summed E-state index contributed by atoms with van der Waals surface area (Å²) >= 11 is 0. The average molecular weight is 255 g/mol. The number of hydrogen-bond acceptors (Lipinski definition) is 2. The first-order chi connectivity index (χ1) is 9.28. The molecule has 96 valence electrons. The maximum atomic E-state index is 12.8. The van der Waals surface area contributed by atoms with Crippen molar-refractivity contribution in [2.75, 3.05) is 11.9 Å². The number of rotatable bonds is 5. The lowest BCUT2D eigenvalue weighted by molar-refractivity contribution is 0.370. The molecule has 0 aliphatic carbocycles. The van der Waals surface area contributed by atoms with Gasteiger partial charge in [0.1, 0.15) is 18.2 Å². The Hall–Kier alpha value is -2.47. The van der Waals surface area contributed by atoms with Gasteiger partial charge in [0.2, 0.25) is 0 Å². The first kappa shape index (κ1) is 13.0. The van der Waals surface area contributed by atoms with Crippen LogP contribution in [0.5, 0.6) is 5.75 Å². The van der Waals surface area contributed by atoms with Crippen molar-refractivity contribution in [3.05, 3.63) is 59.9 Å². The molecule has 0 radical (unpaired) electrons. The lowest BCUT2D eigenvalue weighted by atomic mass is 10.2. The lowest BCUT2D eigenvalue weighted by Crippen LogP contribution is -2.00. The fraction of sp³-hybridized carbons (Fsp3) is 0.125. The Morgan fingerprint density at radius 1 is 1.16 bits per heavy atom. The zero-order valence-corrected chi connectivity index (χ0v) is 10.4. The number of ether oxygens (including phenoxy) is 1. The molecule has 2 nitrogen and oxygen atoms in total. The predicted molar refractivity (Wildman–Crippen MR) is 74.5 cm³/mol. The molecule has 19 heavy (non-hydrogen) atoms. The molecule has 0 saturated carbocycles. The molecule has 0 spiro atoms. The van der Waals surface area contributed by atoms with E-state index in [1.54, 1.807) is 12.1 Å². The van der Waals surface area contributed by atoms with Crippen molar-refractivity contribution in [1.29, 1.82) is 0 Å². The third-order valence-electron chi connectivity index (χ3n) is 2.56. The van der Waals surface area contributed by atoms with Crippen molar-refractivity contribution >= 4 is 5.69 Å². The first-order valence-electron chi connectivity index (χ1n) is 5.92. The van der Waals surface area contributed by atoms with Gasteiger partial charge in [0, 0.05) is 12.2 Å². The van der Waals surface area contributed by atoms with Crippen molar-refractivity contribution in [1.82, 2.24) is 0 Å². The van der Waals surface area contributed by atoms with Gasteiger partial charge >= 0.3 is 0 Å². The van der Waals surface area contributed by atoms with Crippen LogP contribution in [0.3, 0.4) is 0 Å². The fourth-order valence-electron chi connectivity index (χ4n) is 1.64. The second kappa shape index (κ2) is 6.46. The van der Waals surface area contributed by atoms with Crippen LogP contribution in [0.25, 0.3) is 0 Å². The van der Waals surface area contributed by atoms with Gasteiger partial charge in [-0.15, -0.1) is 6.42 Å². The van der Waals surface area contributed by atoms with E-state index >= 15 is 0 Å². The summed E-state index contributed by atoms with van der Waals surface area (Å²) < 4.78 is 18.1. The van der Waals surface area contributed by atoms with Crippen LogP contribution in [0.4, 0.5) is 10.1 Å². The summed E-state index contributed by atoms with van der Waals surface area (Å²) in [7, 11) is 0. The van der Waals surface area contributed by atoms with E-state index in [4.69, 9.17) is 11.2 Å². The molecule has 0 aliphatic heterocycles. The number of benzene rings is 2. The van der Waals surface area contributed by atoms with Gasteiger partial charge in [-0.25, -0.2) is 4.39 Å². The smallest absolute Gasteiger partial charge is 0.148 e. The summed E-state index contributed by atoms with van der Waals surface area (Å²) in [5.74, 6) is 2.93. The highest BCUT2D eigenvalue weighted by Crippen LogP contribution is 2.15. The average Bonchev–Trinajstić information content (AvgIpc) is 2.45. The third kappa shape index (κ3) is 4.04. The van der Waals surface area contributed by atoms with E-state index in [-0.39, 0.29) is 12.4 Å². The van der Waals surface area contributed by atoms with Crippen LogP contribution >= 0.6 is 0 Å². The quantitative estimate of drug-likeness (QED) is 0.826. The van der Waals surface area contributed by atoms with Crippen molar-refractivity contribution in [2.45, 2.75) is 6.54 Å². The van der Waals surface area contributed by atoms with E-state index in [1.165, 1.54) is 12.1 Å². The summed E-state index contributed by atoms with van der Waals surface area (Å²) in [4.78, 5) is 0. The van der Waals surface area contributed by atoms with Crippen LogP contribution in [0.2, 0.25) is 0 Å². The molecular weight excluding hydrogens is 241 g/mol. The molecule has 0 fully saturated rings. The van der Waals surface area contributed by atoms with Gasteiger partial charge in [0.05, 0.1) is 0 Å².